The quantitative estimate of drug-likeness (QED) is 0.835. The van der Waals surface area contributed by atoms with E-state index in [2.05, 4.69) is 44.2 Å². The summed E-state index contributed by atoms with van der Waals surface area (Å²) in [5, 5.41) is 2.16. The average Bonchev–Trinajstić information content (AvgIpc) is 2.52. The van der Waals surface area contributed by atoms with Gasteiger partial charge in [-0.15, -0.1) is 11.3 Å². The van der Waals surface area contributed by atoms with Gasteiger partial charge in [-0.25, -0.2) is 0 Å². The normalized spacial score (nSPS) is 13.8. The van der Waals surface area contributed by atoms with Crippen molar-refractivity contribution in [3.63, 3.8) is 0 Å². The first-order valence-electron chi connectivity index (χ1n) is 5.49. The van der Waals surface area contributed by atoms with Crippen LogP contribution in [0.4, 0.5) is 0 Å². The predicted molar refractivity (Wildman–Crippen MR) is 68.2 cm³/mol. The smallest absolute Gasteiger partial charge is 0.0331 e. The van der Waals surface area contributed by atoms with Crippen LogP contribution in [0.15, 0.2) is 11.4 Å². The maximum atomic E-state index is 5.80. The predicted octanol–water partition coefficient (Wildman–Crippen LogP) is 2.47. The Kier molecular flexibility index (Phi) is 4.77. The fourth-order valence-corrected chi connectivity index (χ4v) is 2.84. The summed E-state index contributed by atoms with van der Waals surface area (Å²) in [6.45, 7) is 8.39. The molecule has 1 rings (SSSR count). The van der Waals surface area contributed by atoms with E-state index in [1.807, 2.05) is 11.3 Å². The molecular weight excluding hydrogens is 204 g/mol. The highest BCUT2D eigenvalue weighted by atomic mass is 32.1. The van der Waals surface area contributed by atoms with Crippen LogP contribution >= 0.6 is 11.3 Å². The van der Waals surface area contributed by atoms with Gasteiger partial charge in [0, 0.05) is 24.0 Å². The Morgan fingerprint density at radius 3 is 2.53 bits per heavy atom. The van der Waals surface area contributed by atoms with E-state index in [0.717, 1.165) is 13.1 Å². The van der Waals surface area contributed by atoms with Crippen LogP contribution in [0.5, 0.6) is 0 Å². The molecule has 0 bridgehead atoms. The summed E-state index contributed by atoms with van der Waals surface area (Å²) in [4.78, 5) is 3.82. The molecule has 2 N–H and O–H groups in total. The van der Waals surface area contributed by atoms with Crippen LogP contribution < -0.4 is 5.73 Å². The first-order valence-corrected chi connectivity index (χ1v) is 6.37. The first-order chi connectivity index (χ1) is 7.06. The van der Waals surface area contributed by atoms with E-state index in [-0.39, 0.29) is 0 Å². The second-order valence-corrected chi connectivity index (χ2v) is 5.49. The number of nitrogens with zero attached hydrogens (tertiary/aromatic N) is 1. The van der Waals surface area contributed by atoms with Crippen LogP contribution in [0.3, 0.4) is 0 Å². The summed E-state index contributed by atoms with van der Waals surface area (Å²) < 4.78 is 0. The number of likely N-dealkylation sites (N-methyl/N-ethyl adjacent to an activating group) is 1. The molecule has 0 aliphatic heterocycles. The lowest BCUT2D eigenvalue weighted by Crippen LogP contribution is -2.41. The SMILES string of the molecule is Cc1ccsc1CN(C)C(CN)C(C)C. The van der Waals surface area contributed by atoms with Crippen molar-refractivity contribution < 1.29 is 0 Å². The minimum absolute atomic E-state index is 0.478. The summed E-state index contributed by atoms with van der Waals surface area (Å²) in [7, 11) is 2.16. The van der Waals surface area contributed by atoms with Crippen LogP contribution in [0.2, 0.25) is 0 Å². The molecule has 0 radical (unpaired) electrons. The molecule has 0 spiro atoms. The molecule has 0 fully saturated rings. The van der Waals surface area contributed by atoms with Crippen LogP contribution in [-0.2, 0) is 6.54 Å². The zero-order chi connectivity index (χ0) is 11.4. The Hall–Kier alpha value is -0.380. The van der Waals surface area contributed by atoms with E-state index in [4.69, 9.17) is 5.73 Å². The zero-order valence-corrected chi connectivity index (χ0v) is 11.0. The van der Waals surface area contributed by atoms with Crippen molar-refractivity contribution in [2.24, 2.45) is 11.7 Å². The molecule has 0 aromatic carbocycles. The Morgan fingerprint density at radius 2 is 2.13 bits per heavy atom. The first kappa shape index (κ1) is 12.7. The van der Waals surface area contributed by atoms with E-state index in [0.29, 0.717) is 12.0 Å². The van der Waals surface area contributed by atoms with E-state index >= 15 is 0 Å². The van der Waals surface area contributed by atoms with Crippen molar-refractivity contribution in [3.05, 3.63) is 21.9 Å². The van der Waals surface area contributed by atoms with Crippen LogP contribution in [-0.4, -0.2) is 24.5 Å². The summed E-state index contributed by atoms with van der Waals surface area (Å²) in [5.41, 5.74) is 7.20. The fourth-order valence-electron chi connectivity index (χ4n) is 1.87. The summed E-state index contributed by atoms with van der Waals surface area (Å²) >= 11 is 1.83. The summed E-state index contributed by atoms with van der Waals surface area (Å²) in [6, 6.07) is 2.66. The highest BCUT2D eigenvalue weighted by Gasteiger charge is 2.17. The Bertz CT molecular complexity index is 294. The van der Waals surface area contributed by atoms with E-state index in [1.165, 1.54) is 10.4 Å². The Balaban J connectivity index is 2.62. The number of thiophene rings is 1. The number of rotatable bonds is 5. The summed E-state index contributed by atoms with van der Waals surface area (Å²) in [6.07, 6.45) is 0. The van der Waals surface area contributed by atoms with Crippen molar-refractivity contribution in [2.75, 3.05) is 13.6 Å². The average molecular weight is 226 g/mol. The number of nitrogens with two attached hydrogens (primary N) is 1. The molecule has 15 heavy (non-hydrogen) atoms. The molecule has 3 heteroatoms. The molecule has 86 valence electrons. The lowest BCUT2D eigenvalue weighted by Gasteiger charge is -2.29. The molecule has 1 aromatic heterocycles. The molecule has 0 saturated carbocycles. The van der Waals surface area contributed by atoms with E-state index in [9.17, 15) is 0 Å². The van der Waals surface area contributed by atoms with Gasteiger partial charge in [0.05, 0.1) is 0 Å². The molecule has 1 unspecified atom stereocenters. The molecule has 0 aliphatic rings. The van der Waals surface area contributed by atoms with Gasteiger partial charge in [-0.05, 0) is 36.9 Å². The van der Waals surface area contributed by atoms with Gasteiger partial charge in [0.15, 0.2) is 0 Å². The second kappa shape index (κ2) is 5.64. The highest BCUT2D eigenvalue weighted by Crippen LogP contribution is 2.19. The van der Waals surface area contributed by atoms with Crippen molar-refractivity contribution in [1.29, 1.82) is 0 Å². The van der Waals surface area contributed by atoms with Crippen molar-refractivity contribution in [3.8, 4) is 0 Å². The molecule has 1 atom stereocenters. The number of hydrogen-bond donors (Lipinski definition) is 1. The minimum atomic E-state index is 0.478. The monoisotopic (exact) mass is 226 g/mol. The van der Waals surface area contributed by atoms with Crippen molar-refractivity contribution in [1.82, 2.24) is 4.90 Å². The second-order valence-electron chi connectivity index (χ2n) is 4.49. The Morgan fingerprint density at radius 1 is 1.47 bits per heavy atom. The molecular formula is C12H22N2S. The van der Waals surface area contributed by atoms with Gasteiger partial charge >= 0.3 is 0 Å². The van der Waals surface area contributed by atoms with Crippen LogP contribution in [0, 0.1) is 12.8 Å². The Labute approximate surface area is 97.1 Å². The number of hydrogen-bond acceptors (Lipinski definition) is 3. The maximum absolute atomic E-state index is 5.80. The van der Waals surface area contributed by atoms with Gasteiger partial charge in [0.2, 0.25) is 0 Å². The van der Waals surface area contributed by atoms with Gasteiger partial charge in [-0.1, -0.05) is 13.8 Å². The van der Waals surface area contributed by atoms with E-state index in [1.54, 1.807) is 0 Å². The topological polar surface area (TPSA) is 29.3 Å². The van der Waals surface area contributed by atoms with Crippen molar-refractivity contribution in [2.45, 2.75) is 33.4 Å². The standard InChI is InChI=1S/C12H22N2S/c1-9(2)11(7-13)14(4)8-12-10(3)5-6-15-12/h5-6,9,11H,7-8,13H2,1-4H3. The van der Waals surface area contributed by atoms with Crippen LogP contribution in [0.1, 0.15) is 24.3 Å². The lowest BCUT2D eigenvalue weighted by atomic mass is 10.0. The molecule has 0 amide bonds. The van der Waals surface area contributed by atoms with E-state index < -0.39 is 0 Å². The third-order valence-corrected chi connectivity index (χ3v) is 3.95. The fraction of sp³-hybridized carbons (Fsp3) is 0.667. The third-order valence-electron chi connectivity index (χ3n) is 2.94. The van der Waals surface area contributed by atoms with Gasteiger partial charge in [-0.2, -0.15) is 0 Å². The molecule has 1 heterocycles. The van der Waals surface area contributed by atoms with Gasteiger partial charge in [0.25, 0.3) is 0 Å². The molecule has 1 aromatic rings. The lowest BCUT2D eigenvalue weighted by molar-refractivity contribution is 0.191. The van der Waals surface area contributed by atoms with Crippen LogP contribution in [0.25, 0.3) is 0 Å². The molecule has 0 aliphatic carbocycles. The summed E-state index contributed by atoms with van der Waals surface area (Å²) in [5.74, 6) is 0.611. The minimum Gasteiger partial charge on any atom is -0.329 e. The molecule has 0 saturated heterocycles. The van der Waals surface area contributed by atoms with Gasteiger partial charge in [0.1, 0.15) is 0 Å². The van der Waals surface area contributed by atoms with Crippen molar-refractivity contribution >= 4 is 11.3 Å². The zero-order valence-electron chi connectivity index (χ0n) is 10.2. The van der Waals surface area contributed by atoms with Gasteiger partial charge < -0.3 is 5.73 Å². The maximum Gasteiger partial charge on any atom is 0.0331 e. The molecule has 2 nitrogen and oxygen atoms in total. The third kappa shape index (κ3) is 3.30. The highest BCUT2D eigenvalue weighted by molar-refractivity contribution is 7.10. The number of aryl methyl sites for hydroxylation is 1. The largest absolute Gasteiger partial charge is 0.329 e. The van der Waals surface area contributed by atoms with Gasteiger partial charge in [-0.3, -0.25) is 4.90 Å².